The second-order valence-corrected chi connectivity index (χ2v) is 8.84. The van der Waals surface area contributed by atoms with Gasteiger partial charge in [-0.15, -0.1) is 0 Å². The minimum Gasteiger partial charge on any atom is -0.456 e. The van der Waals surface area contributed by atoms with Crippen molar-refractivity contribution in [1.29, 1.82) is 0 Å². The number of aliphatic hydroxyl groups is 1. The van der Waals surface area contributed by atoms with Crippen LogP contribution in [-0.4, -0.2) is 76.9 Å². The molecule has 1 unspecified atom stereocenters. The molecule has 32 heavy (non-hydrogen) atoms. The Morgan fingerprint density at radius 3 is 2.75 bits per heavy atom. The number of imidazole rings is 1. The fraction of sp³-hybridized carbons (Fsp3) is 0.455. The number of benzene rings is 1. The number of halogens is 2. The third kappa shape index (κ3) is 3.49. The van der Waals surface area contributed by atoms with Gasteiger partial charge in [0.1, 0.15) is 24.5 Å². The van der Waals surface area contributed by atoms with Gasteiger partial charge in [-0.3, -0.25) is 0 Å². The summed E-state index contributed by atoms with van der Waals surface area (Å²) in [5.74, 6) is 0. The molecule has 0 bridgehead atoms. The molecule has 1 aromatic carbocycles. The lowest BCUT2D eigenvalue weighted by Gasteiger charge is -2.17. The molecule has 5 atom stereocenters. The van der Waals surface area contributed by atoms with Crippen LogP contribution in [0.5, 0.6) is 6.01 Å². The summed E-state index contributed by atoms with van der Waals surface area (Å²) in [5, 5.41) is 10.4. The maximum atomic E-state index is 13.5. The van der Waals surface area contributed by atoms with Gasteiger partial charge in [0.25, 0.3) is 6.01 Å². The first kappa shape index (κ1) is 20.2. The number of anilines is 1. The van der Waals surface area contributed by atoms with E-state index in [1.807, 2.05) is 29.2 Å². The quantitative estimate of drug-likeness (QED) is 0.618. The van der Waals surface area contributed by atoms with E-state index in [0.29, 0.717) is 47.5 Å². The molecular weight excluding hydrogens is 439 g/mol. The molecule has 168 valence electrons. The molecule has 0 amide bonds. The molecule has 3 aliphatic heterocycles. The zero-order valence-electron chi connectivity index (χ0n) is 17.1. The van der Waals surface area contributed by atoms with Gasteiger partial charge in [-0.2, -0.15) is 4.98 Å². The molecule has 2 N–H and O–H groups in total. The zero-order chi connectivity index (χ0) is 21.8. The van der Waals surface area contributed by atoms with Gasteiger partial charge in [0.2, 0.25) is 0 Å². The molecule has 10 heteroatoms. The van der Waals surface area contributed by atoms with E-state index in [-0.39, 0.29) is 24.9 Å². The summed E-state index contributed by atoms with van der Waals surface area (Å²) in [5.41, 5.74) is 3.57. The maximum Gasteiger partial charge on any atom is 0.296 e. The molecule has 3 fully saturated rings. The molecule has 6 rings (SSSR count). The minimum atomic E-state index is -0.767. The van der Waals surface area contributed by atoms with Crippen molar-refractivity contribution in [1.82, 2.24) is 15.0 Å². The summed E-state index contributed by atoms with van der Waals surface area (Å²) in [6.45, 7) is 1.70. The average Bonchev–Trinajstić information content (AvgIpc) is 3.55. The zero-order valence-corrected chi connectivity index (χ0v) is 17.8. The van der Waals surface area contributed by atoms with Crippen molar-refractivity contribution in [3.05, 3.63) is 35.4 Å². The van der Waals surface area contributed by atoms with Crippen LogP contribution in [-0.2, 0) is 9.47 Å². The van der Waals surface area contributed by atoms with Gasteiger partial charge in [0.05, 0.1) is 29.4 Å². The molecule has 5 heterocycles. The van der Waals surface area contributed by atoms with Crippen molar-refractivity contribution >= 4 is 28.5 Å². The van der Waals surface area contributed by atoms with Crippen LogP contribution in [0.15, 0.2) is 30.3 Å². The van der Waals surface area contributed by atoms with Crippen LogP contribution in [0.1, 0.15) is 6.42 Å². The predicted molar refractivity (Wildman–Crippen MR) is 116 cm³/mol. The first-order valence-corrected chi connectivity index (χ1v) is 11.1. The number of aliphatic hydroxyl groups excluding tert-OH is 1. The van der Waals surface area contributed by atoms with Gasteiger partial charge in [-0.05, 0) is 24.6 Å². The number of ether oxygens (including phenoxy) is 3. The fourth-order valence-electron chi connectivity index (χ4n) is 4.62. The number of H-pyrrole nitrogens is 1. The fourth-order valence-corrected chi connectivity index (χ4v) is 4.89. The number of pyridine rings is 1. The summed E-state index contributed by atoms with van der Waals surface area (Å²) >= 11 is 6.51. The van der Waals surface area contributed by atoms with E-state index in [1.165, 1.54) is 0 Å². The van der Waals surface area contributed by atoms with Crippen molar-refractivity contribution in [2.45, 2.75) is 37.0 Å². The molecule has 0 spiro atoms. The lowest BCUT2D eigenvalue weighted by Crippen LogP contribution is -2.34. The van der Waals surface area contributed by atoms with E-state index in [9.17, 15) is 9.50 Å². The molecule has 0 radical (unpaired) electrons. The van der Waals surface area contributed by atoms with Crippen molar-refractivity contribution in [2.75, 3.05) is 31.2 Å². The van der Waals surface area contributed by atoms with E-state index in [4.69, 9.17) is 25.8 Å². The number of aromatic amines is 1. The largest absolute Gasteiger partial charge is 0.456 e. The Kier molecular flexibility index (Phi) is 4.94. The monoisotopic (exact) mass is 460 g/mol. The Morgan fingerprint density at radius 2 is 1.97 bits per heavy atom. The molecule has 8 nitrogen and oxygen atoms in total. The maximum absolute atomic E-state index is 13.5. The average molecular weight is 461 g/mol. The van der Waals surface area contributed by atoms with Crippen LogP contribution >= 0.6 is 11.6 Å². The van der Waals surface area contributed by atoms with Crippen LogP contribution in [0.2, 0.25) is 5.02 Å². The Hall–Kier alpha value is -2.46. The number of nitrogens with zero attached hydrogens (tertiary/aromatic N) is 3. The smallest absolute Gasteiger partial charge is 0.296 e. The number of fused-ring (bicyclic) bond motifs is 2. The normalized spacial score (nSPS) is 29.7. The van der Waals surface area contributed by atoms with Crippen molar-refractivity contribution in [2.24, 2.45) is 0 Å². The molecule has 2 aromatic heterocycles. The topological polar surface area (TPSA) is 92.7 Å². The first-order chi connectivity index (χ1) is 15.5. The Bertz CT molecular complexity index is 1140. The number of rotatable bonds is 4. The highest BCUT2D eigenvalue weighted by Gasteiger charge is 2.48. The van der Waals surface area contributed by atoms with Gasteiger partial charge >= 0.3 is 0 Å². The highest BCUT2D eigenvalue weighted by Crippen LogP contribution is 2.33. The summed E-state index contributed by atoms with van der Waals surface area (Å²) in [6, 6.07) is 9.85. The molecule has 3 aliphatic rings. The highest BCUT2D eigenvalue weighted by molar-refractivity contribution is 6.33. The summed E-state index contributed by atoms with van der Waals surface area (Å²) < 4.78 is 30.6. The number of hydrogen-bond acceptors (Lipinski definition) is 7. The van der Waals surface area contributed by atoms with E-state index in [2.05, 4.69) is 15.0 Å². The van der Waals surface area contributed by atoms with E-state index in [1.54, 1.807) is 6.07 Å². The van der Waals surface area contributed by atoms with Crippen LogP contribution in [0, 0.1) is 0 Å². The number of hydrogen-bond donors (Lipinski definition) is 2. The lowest BCUT2D eigenvalue weighted by molar-refractivity contribution is 0.00706. The molecular formula is C22H22ClFN4O4. The van der Waals surface area contributed by atoms with Gasteiger partial charge in [0.15, 0.2) is 11.8 Å². The summed E-state index contributed by atoms with van der Waals surface area (Å²) in [6.07, 6.45) is -1.90. The van der Waals surface area contributed by atoms with Crippen molar-refractivity contribution < 1.29 is 23.7 Å². The summed E-state index contributed by atoms with van der Waals surface area (Å²) in [7, 11) is 0. The predicted octanol–water partition coefficient (Wildman–Crippen LogP) is 2.73. The van der Waals surface area contributed by atoms with E-state index in [0.717, 1.165) is 17.8 Å². The van der Waals surface area contributed by atoms with Gasteiger partial charge in [-0.25, -0.2) is 9.37 Å². The number of alkyl halides is 1. The van der Waals surface area contributed by atoms with Crippen LogP contribution in [0.4, 0.5) is 10.1 Å². The van der Waals surface area contributed by atoms with Crippen LogP contribution < -0.4 is 9.64 Å². The SMILES string of the molecule is O[C@@H]1CO[C@H]2C1OC[C@H]2Oc1nc2nc(-c3ccc(N4CC[C@H](F)C4)cc3)c(Cl)cc2[nH]1. The minimum absolute atomic E-state index is 0.237. The Morgan fingerprint density at radius 1 is 1.16 bits per heavy atom. The first-order valence-electron chi connectivity index (χ1n) is 10.7. The number of nitrogens with one attached hydrogen (secondary N) is 1. The van der Waals surface area contributed by atoms with Gasteiger partial charge < -0.3 is 29.2 Å². The second kappa shape index (κ2) is 7.84. The third-order valence-corrected chi connectivity index (χ3v) is 6.57. The summed E-state index contributed by atoms with van der Waals surface area (Å²) in [4.78, 5) is 14.2. The van der Waals surface area contributed by atoms with Crippen molar-refractivity contribution in [3.63, 3.8) is 0 Å². The Labute approximate surface area is 188 Å². The molecule has 0 saturated carbocycles. The van der Waals surface area contributed by atoms with Crippen molar-refractivity contribution in [3.8, 4) is 17.3 Å². The molecule has 3 aromatic rings. The second-order valence-electron chi connectivity index (χ2n) is 8.43. The molecule has 3 saturated heterocycles. The lowest BCUT2D eigenvalue weighted by atomic mass is 10.1. The number of aromatic nitrogens is 3. The van der Waals surface area contributed by atoms with E-state index < -0.39 is 12.3 Å². The van der Waals surface area contributed by atoms with Crippen LogP contribution in [0.3, 0.4) is 0 Å². The van der Waals surface area contributed by atoms with Gasteiger partial charge in [0, 0.05) is 24.3 Å². The third-order valence-electron chi connectivity index (χ3n) is 6.29. The Balaban J connectivity index is 1.23. The van der Waals surface area contributed by atoms with E-state index >= 15 is 0 Å². The molecule has 0 aliphatic carbocycles. The van der Waals surface area contributed by atoms with Gasteiger partial charge in [-0.1, -0.05) is 23.7 Å². The standard InChI is InChI=1S/C22H22ClFN4O4/c23-14-7-15-21(27-22(25-15)32-17-10-31-19-16(29)9-30-20(17)19)26-18(14)11-1-3-13(4-2-11)28-6-5-12(24)8-28/h1-4,7,12,16-17,19-20,29H,5-6,8-10H2,(H,25,26,27)/t12-,16+,17+,19?,20+/m0/s1. The van der Waals surface area contributed by atoms with Crippen LogP contribution in [0.25, 0.3) is 22.4 Å². The highest BCUT2D eigenvalue weighted by atomic mass is 35.5.